The summed E-state index contributed by atoms with van der Waals surface area (Å²) in [5.41, 5.74) is 12.3. The quantitative estimate of drug-likeness (QED) is 0.444. The molecule has 0 saturated carbocycles. The van der Waals surface area contributed by atoms with Crippen molar-refractivity contribution in [1.29, 1.82) is 0 Å². The Morgan fingerprint density at radius 2 is 2.00 bits per heavy atom. The number of halogens is 3. The number of anilines is 2. The normalized spacial score (nSPS) is 18.3. The lowest BCUT2D eigenvalue weighted by molar-refractivity contribution is -0.274. The molecule has 2 atom stereocenters. The summed E-state index contributed by atoms with van der Waals surface area (Å²) in [6.07, 6.45) is -8.61. The fourth-order valence-electron chi connectivity index (χ4n) is 3.88. The first-order valence-corrected chi connectivity index (χ1v) is 10.5. The van der Waals surface area contributed by atoms with Crippen LogP contribution >= 0.6 is 0 Å². The molecular weight excluding hydrogens is 487 g/mol. The fraction of sp³-hybridized carbons (Fsp3) is 0.273. The van der Waals surface area contributed by atoms with E-state index in [9.17, 15) is 32.7 Å². The maximum absolute atomic E-state index is 13.1. The highest BCUT2D eigenvalue weighted by Crippen LogP contribution is 2.31. The molecule has 0 aliphatic carbocycles. The predicted molar refractivity (Wildman–Crippen MR) is 119 cm³/mol. The zero-order chi connectivity index (χ0) is 26.2. The lowest BCUT2D eigenvalue weighted by Crippen LogP contribution is -2.55. The number of carbonyl (C=O) groups excluding carboxylic acids is 3. The third kappa shape index (κ3) is 5.08. The number of nitrogens with one attached hydrogen (secondary N) is 1. The van der Waals surface area contributed by atoms with Gasteiger partial charge in [0.15, 0.2) is 12.2 Å². The lowest BCUT2D eigenvalue weighted by Gasteiger charge is -2.34. The molecule has 14 heteroatoms. The van der Waals surface area contributed by atoms with Crippen LogP contribution in [0.2, 0.25) is 0 Å². The second kappa shape index (κ2) is 9.47. The summed E-state index contributed by atoms with van der Waals surface area (Å²) < 4.78 is 46.8. The summed E-state index contributed by atoms with van der Waals surface area (Å²) >= 11 is 0. The van der Waals surface area contributed by atoms with Gasteiger partial charge in [-0.05, 0) is 42.0 Å². The summed E-state index contributed by atoms with van der Waals surface area (Å²) in [5.74, 6) is -3.29. The Balaban J connectivity index is 1.51. The van der Waals surface area contributed by atoms with Crippen LogP contribution in [0.5, 0.6) is 5.75 Å². The van der Waals surface area contributed by atoms with Crippen molar-refractivity contribution in [2.75, 3.05) is 23.4 Å². The molecule has 2 aromatic carbocycles. The molecule has 2 aromatic rings. The molecule has 1 fully saturated rings. The minimum atomic E-state index is -5.01. The Labute approximate surface area is 201 Å². The van der Waals surface area contributed by atoms with E-state index in [-0.39, 0.29) is 18.8 Å². The monoisotopic (exact) mass is 507 g/mol. The highest BCUT2D eigenvalue weighted by Gasteiger charge is 2.40. The number of amides is 3. The number of benzene rings is 2. The summed E-state index contributed by atoms with van der Waals surface area (Å²) in [5, 5.41) is 13.0. The van der Waals surface area contributed by atoms with E-state index in [4.69, 9.17) is 16.2 Å². The smallest absolute Gasteiger partial charge is 0.406 e. The Bertz CT molecular complexity index is 1270. The lowest BCUT2D eigenvalue weighted by atomic mass is 10.1. The van der Waals surface area contributed by atoms with Gasteiger partial charge in [0.1, 0.15) is 11.6 Å². The molecule has 0 spiro atoms. The van der Waals surface area contributed by atoms with Gasteiger partial charge in [-0.3, -0.25) is 19.4 Å². The summed E-state index contributed by atoms with van der Waals surface area (Å²) in [4.78, 5) is 42.7. The number of rotatable bonds is 6. The van der Waals surface area contributed by atoms with Gasteiger partial charge in [0, 0.05) is 17.8 Å². The van der Waals surface area contributed by atoms with E-state index >= 15 is 0 Å². The number of carbonyl (C=O) groups is 3. The number of amidine groups is 1. The molecule has 2 heterocycles. The second-order valence-electron chi connectivity index (χ2n) is 7.88. The zero-order valence-electron chi connectivity index (χ0n) is 18.4. The first-order valence-electron chi connectivity index (χ1n) is 10.5. The Hall–Kier alpha value is -4.17. The van der Waals surface area contributed by atoms with E-state index in [1.807, 2.05) is 0 Å². The van der Waals surface area contributed by atoms with Crippen molar-refractivity contribution in [2.45, 2.75) is 25.1 Å². The molecule has 0 radical (unpaired) electrons. The minimum absolute atomic E-state index is 0.115. The van der Waals surface area contributed by atoms with E-state index in [1.54, 1.807) is 18.2 Å². The molecule has 6 N–H and O–H groups in total. The molecule has 0 aromatic heterocycles. The molecular formula is C22H20F3N5O6. The number of aliphatic hydroxyl groups excluding tert-OH is 1. The van der Waals surface area contributed by atoms with Crippen LogP contribution in [0.3, 0.4) is 0 Å². The van der Waals surface area contributed by atoms with Gasteiger partial charge in [-0.1, -0.05) is 0 Å². The summed E-state index contributed by atoms with van der Waals surface area (Å²) in [6, 6.07) is 7.54. The number of aliphatic imine (C=N–C) groups is 1. The van der Waals surface area contributed by atoms with Crippen LogP contribution in [0.4, 0.5) is 24.5 Å². The van der Waals surface area contributed by atoms with E-state index in [0.717, 1.165) is 34.2 Å². The van der Waals surface area contributed by atoms with Gasteiger partial charge in [-0.15, -0.1) is 13.2 Å². The summed E-state index contributed by atoms with van der Waals surface area (Å²) in [6.45, 7) is 0.0759. The molecule has 11 nitrogen and oxygen atoms in total. The van der Waals surface area contributed by atoms with Gasteiger partial charge in [-0.25, -0.2) is 0 Å². The van der Waals surface area contributed by atoms with Crippen LogP contribution in [-0.4, -0.2) is 60.4 Å². The fourth-order valence-corrected chi connectivity index (χ4v) is 3.88. The van der Waals surface area contributed by atoms with Gasteiger partial charge in [-0.2, -0.15) is 0 Å². The number of primary amides is 1. The Morgan fingerprint density at radius 1 is 1.25 bits per heavy atom. The zero-order valence-corrected chi connectivity index (χ0v) is 18.4. The van der Waals surface area contributed by atoms with Crippen LogP contribution < -0.4 is 26.4 Å². The number of hydrogen-bond acceptors (Lipinski definition) is 8. The third-order valence-corrected chi connectivity index (χ3v) is 5.50. The van der Waals surface area contributed by atoms with Crippen molar-refractivity contribution in [3.8, 4) is 5.75 Å². The van der Waals surface area contributed by atoms with E-state index < -0.39 is 47.6 Å². The SMILES string of the molecule is NC(=O)c1cc(OC(F)(F)F)ccc1N1CCOC(C(O)C(=O)Nc2ccc3c(c2)CN=C3N)C1=O. The number of morpholine rings is 1. The number of fused-ring (bicyclic) bond motifs is 1. The molecule has 190 valence electrons. The van der Waals surface area contributed by atoms with Gasteiger partial charge < -0.3 is 36.3 Å². The van der Waals surface area contributed by atoms with Gasteiger partial charge in [0.05, 0.1) is 24.4 Å². The maximum atomic E-state index is 13.1. The molecule has 1 saturated heterocycles. The van der Waals surface area contributed by atoms with Crippen LogP contribution in [0.15, 0.2) is 41.4 Å². The number of hydrogen-bond donors (Lipinski definition) is 4. The van der Waals surface area contributed by atoms with Crippen molar-refractivity contribution in [3.63, 3.8) is 0 Å². The average molecular weight is 507 g/mol. The number of nitrogens with two attached hydrogens (primary N) is 2. The second-order valence-corrected chi connectivity index (χ2v) is 7.88. The van der Waals surface area contributed by atoms with E-state index in [1.165, 1.54) is 0 Å². The van der Waals surface area contributed by atoms with Crippen molar-refractivity contribution in [1.82, 2.24) is 0 Å². The van der Waals surface area contributed by atoms with Crippen molar-refractivity contribution >= 4 is 34.9 Å². The molecule has 36 heavy (non-hydrogen) atoms. The van der Waals surface area contributed by atoms with E-state index in [2.05, 4.69) is 15.0 Å². The van der Waals surface area contributed by atoms with Crippen LogP contribution in [0.1, 0.15) is 21.5 Å². The molecule has 3 amide bonds. The topological polar surface area (TPSA) is 170 Å². The van der Waals surface area contributed by atoms with E-state index in [0.29, 0.717) is 18.1 Å². The standard InChI is InChI=1S/C22H20F3N5O6/c23-22(24,25)36-12-2-4-15(14(8-12)19(27)32)30-5-6-35-17(21(30)34)16(31)20(33)29-11-1-3-13-10(7-11)9-28-18(13)26/h1-4,7-8,16-17,31H,5-6,9H2,(H2,26,28)(H2,27,32)(H,29,33). The number of alkyl halides is 3. The molecule has 0 bridgehead atoms. The van der Waals surface area contributed by atoms with Crippen molar-refractivity contribution in [3.05, 3.63) is 53.1 Å². The first-order chi connectivity index (χ1) is 16.9. The van der Waals surface area contributed by atoms with Crippen molar-refractivity contribution < 1.29 is 42.1 Å². The van der Waals surface area contributed by atoms with Crippen LogP contribution in [0.25, 0.3) is 0 Å². The largest absolute Gasteiger partial charge is 0.573 e. The average Bonchev–Trinajstić information content (AvgIpc) is 3.17. The molecule has 2 aliphatic rings. The number of nitrogens with zero attached hydrogens (tertiary/aromatic N) is 2. The summed E-state index contributed by atoms with van der Waals surface area (Å²) in [7, 11) is 0. The Morgan fingerprint density at radius 3 is 2.69 bits per heavy atom. The number of ether oxygens (including phenoxy) is 2. The highest BCUT2D eigenvalue weighted by molar-refractivity contribution is 6.08. The predicted octanol–water partition coefficient (Wildman–Crippen LogP) is 0.634. The maximum Gasteiger partial charge on any atom is 0.573 e. The third-order valence-electron chi connectivity index (χ3n) is 5.50. The first kappa shape index (κ1) is 24.9. The molecule has 2 unspecified atom stereocenters. The minimum Gasteiger partial charge on any atom is -0.406 e. The van der Waals surface area contributed by atoms with Crippen LogP contribution in [-0.2, 0) is 20.9 Å². The molecule has 4 rings (SSSR count). The van der Waals surface area contributed by atoms with Gasteiger partial charge in [0.25, 0.3) is 17.7 Å². The number of aliphatic hydroxyl groups is 1. The van der Waals surface area contributed by atoms with Crippen LogP contribution in [0, 0.1) is 0 Å². The van der Waals surface area contributed by atoms with Gasteiger partial charge in [0.2, 0.25) is 0 Å². The molecule has 2 aliphatic heterocycles. The Kier molecular flexibility index (Phi) is 6.56. The highest BCUT2D eigenvalue weighted by atomic mass is 19.4. The van der Waals surface area contributed by atoms with Crippen molar-refractivity contribution in [2.24, 2.45) is 16.5 Å². The van der Waals surface area contributed by atoms with Gasteiger partial charge >= 0.3 is 6.36 Å².